The first kappa shape index (κ1) is 12.3. The standard InChI is InChI=1S/C9H16O4/c10-5-3-1-2-4-9(6-11,7-12)8-13/h6-7,10,13H,1-5,8H2. The Morgan fingerprint density at radius 3 is 2.00 bits per heavy atom. The van der Waals surface area contributed by atoms with Crippen LogP contribution in [0.3, 0.4) is 0 Å². The molecule has 0 aromatic carbocycles. The highest BCUT2D eigenvalue weighted by Crippen LogP contribution is 2.19. The second-order valence-corrected chi connectivity index (χ2v) is 3.16. The average Bonchev–Trinajstić information content (AvgIpc) is 2.20. The van der Waals surface area contributed by atoms with E-state index in [2.05, 4.69) is 0 Å². The largest absolute Gasteiger partial charge is 0.396 e. The van der Waals surface area contributed by atoms with E-state index in [9.17, 15) is 9.59 Å². The van der Waals surface area contributed by atoms with Gasteiger partial charge in [-0.05, 0) is 12.8 Å². The van der Waals surface area contributed by atoms with Crippen LogP contribution >= 0.6 is 0 Å². The van der Waals surface area contributed by atoms with E-state index in [1.165, 1.54) is 0 Å². The molecule has 0 bridgehead atoms. The SMILES string of the molecule is O=CC(C=O)(CO)CCCCCO. The first-order chi connectivity index (χ1) is 6.24. The van der Waals surface area contributed by atoms with Crippen LogP contribution in [0.15, 0.2) is 0 Å². The van der Waals surface area contributed by atoms with E-state index < -0.39 is 12.0 Å². The molecule has 0 saturated carbocycles. The lowest BCUT2D eigenvalue weighted by atomic mass is 9.86. The number of carbonyl (C=O) groups is 2. The molecular weight excluding hydrogens is 172 g/mol. The summed E-state index contributed by atoms with van der Waals surface area (Å²) in [4.78, 5) is 21.0. The summed E-state index contributed by atoms with van der Waals surface area (Å²) in [5, 5.41) is 17.3. The number of unbranched alkanes of at least 4 members (excludes halogenated alkanes) is 2. The van der Waals surface area contributed by atoms with Crippen molar-refractivity contribution >= 4 is 12.6 Å². The smallest absolute Gasteiger partial charge is 0.135 e. The number of hydrogen-bond donors (Lipinski definition) is 2. The zero-order valence-corrected chi connectivity index (χ0v) is 7.61. The second-order valence-electron chi connectivity index (χ2n) is 3.16. The Bertz CT molecular complexity index is 148. The minimum absolute atomic E-state index is 0.119. The Hall–Kier alpha value is -0.740. The Kier molecular flexibility index (Phi) is 6.36. The summed E-state index contributed by atoms with van der Waals surface area (Å²) in [5.74, 6) is 0. The number of aliphatic hydroxyl groups is 2. The van der Waals surface area contributed by atoms with Crippen LogP contribution in [-0.2, 0) is 9.59 Å². The van der Waals surface area contributed by atoms with Gasteiger partial charge >= 0.3 is 0 Å². The fraction of sp³-hybridized carbons (Fsp3) is 0.778. The maximum atomic E-state index is 10.5. The van der Waals surface area contributed by atoms with Crippen LogP contribution < -0.4 is 0 Å². The first-order valence-corrected chi connectivity index (χ1v) is 4.39. The highest BCUT2D eigenvalue weighted by Gasteiger charge is 2.27. The van der Waals surface area contributed by atoms with E-state index in [1.54, 1.807) is 0 Å². The van der Waals surface area contributed by atoms with Gasteiger partial charge in [0.1, 0.15) is 18.0 Å². The molecular formula is C9H16O4. The van der Waals surface area contributed by atoms with Gasteiger partial charge in [0.15, 0.2) is 0 Å². The fourth-order valence-corrected chi connectivity index (χ4v) is 1.04. The summed E-state index contributed by atoms with van der Waals surface area (Å²) in [5.41, 5.74) is -1.21. The topological polar surface area (TPSA) is 74.6 Å². The summed E-state index contributed by atoms with van der Waals surface area (Å²) in [7, 11) is 0. The van der Waals surface area contributed by atoms with Crippen LogP contribution in [0.4, 0.5) is 0 Å². The number of carbonyl (C=O) groups excluding carboxylic acids is 2. The predicted molar refractivity (Wildman–Crippen MR) is 47.2 cm³/mol. The maximum absolute atomic E-state index is 10.5. The maximum Gasteiger partial charge on any atom is 0.135 e. The van der Waals surface area contributed by atoms with Gasteiger partial charge in [-0.1, -0.05) is 12.8 Å². The monoisotopic (exact) mass is 188 g/mol. The van der Waals surface area contributed by atoms with E-state index in [0.717, 1.165) is 6.42 Å². The van der Waals surface area contributed by atoms with Gasteiger partial charge in [-0.3, -0.25) is 0 Å². The van der Waals surface area contributed by atoms with Crippen molar-refractivity contribution in [2.75, 3.05) is 13.2 Å². The molecule has 0 fully saturated rings. The normalized spacial score (nSPS) is 11.2. The molecule has 0 aromatic rings. The Balaban J connectivity index is 3.82. The van der Waals surface area contributed by atoms with E-state index in [0.29, 0.717) is 31.8 Å². The van der Waals surface area contributed by atoms with E-state index in [1.807, 2.05) is 0 Å². The first-order valence-electron chi connectivity index (χ1n) is 4.39. The number of rotatable bonds is 8. The van der Waals surface area contributed by atoms with Crippen molar-refractivity contribution in [3.8, 4) is 0 Å². The molecule has 0 radical (unpaired) electrons. The van der Waals surface area contributed by atoms with Gasteiger partial charge in [0.05, 0.1) is 6.61 Å². The summed E-state index contributed by atoms with van der Waals surface area (Å²) < 4.78 is 0. The van der Waals surface area contributed by atoms with E-state index in [4.69, 9.17) is 10.2 Å². The van der Waals surface area contributed by atoms with Crippen LogP contribution in [0.5, 0.6) is 0 Å². The zero-order valence-electron chi connectivity index (χ0n) is 7.61. The van der Waals surface area contributed by atoms with Crippen LogP contribution in [0, 0.1) is 5.41 Å². The molecule has 0 atom stereocenters. The van der Waals surface area contributed by atoms with Gasteiger partial charge in [-0.15, -0.1) is 0 Å². The van der Waals surface area contributed by atoms with Crippen LogP contribution in [0.25, 0.3) is 0 Å². The van der Waals surface area contributed by atoms with E-state index in [-0.39, 0.29) is 6.61 Å². The molecule has 0 amide bonds. The average molecular weight is 188 g/mol. The van der Waals surface area contributed by atoms with E-state index >= 15 is 0 Å². The summed E-state index contributed by atoms with van der Waals surface area (Å²) in [6, 6.07) is 0. The molecule has 0 saturated heterocycles. The lowest BCUT2D eigenvalue weighted by molar-refractivity contribution is -0.129. The van der Waals surface area contributed by atoms with Gasteiger partial charge in [0, 0.05) is 6.61 Å². The molecule has 0 rings (SSSR count). The third kappa shape index (κ3) is 4.15. The van der Waals surface area contributed by atoms with Crippen LogP contribution in [0.2, 0.25) is 0 Å². The number of hydrogen-bond acceptors (Lipinski definition) is 4. The van der Waals surface area contributed by atoms with Crippen molar-refractivity contribution in [3.63, 3.8) is 0 Å². The second kappa shape index (κ2) is 6.74. The van der Waals surface area contributed by atoms with Crippen molar-refractivity contribution in [2.45, 2.75) is 25.7 Å². The highest BCUT2D eigenvalue weighted by atomic mass is 16.3. The minimum atomic E-state index is -1.21. The molecule has 0 unspecified atom stereocenters. The molecule has 76 valence electrons. The molecule has 0 aliphatic heterocycles. The Labute approximate surface area is 77.6 Å². The lowest BCUT2D eigenvalue weighted by Gasteiger charge is -2.17. The molecule has 0 aromatic heterocycles. The van der Waals surface area contributed by atoms with Gasteiger partial charge in [0.25, 0.3) is 0 Å². The quantitative estimate of drug-likeness (QED) is 0.317. The molecule has 0 aliphatic carbocycles. The lowest BCUT2D eigenvalue weighted by Crippen LogP contribution is -2.28. The zero-order chi connectivity index (χ0) is 10.2. The summed E-state index contributed by atoms with van der Waals surface area (Å²) in [6.07, 6.45) is 3.45. The van der Waals surface area contributed by atoms with Crippen LogP contribution in [0.1, 0.15) is 25.7 Å². The van der Waals surface area contributed by atoms with Crippen molar-refractivity contribution < 1.29 is 19.8 Å². The molecule has 0 aliphatic rings. The molecule has 13 heavy (non-hydrogen) atoms. The fourth-order valence-electron chi connectivity index (χ4n) is 1.04. The summed E-state index contributed by atoms with van der Waals surface area (Å²) >= 11 is 0. The Morgan fingerprint density at radius 2 is 1.62 bits per heavy atom. The number of aldehydes is 2. The Morgan fingerprint density at radius 1 is 1.00 bits per heavy atom. The molecule has 4 nitrogen and oxygen atoms in total. The highest BCUT2D eigenvalue weighted by molar-refractivity contribution is 5.83. The minimum Gasteiger partial charge on any atom is -0.396 e. The van der Waals surface area contributed by atoms with Crippen molar-refractivity contribution in [3.05, 3.63) is 0 Å². The summed E-state index contributed by atoms with van der Waals surface area (Å²) in [6.45, 7) is -0.312. The molecule has 0 spiro atoms. The van der Waals surface area contributed by atoms with Gasteiger partial charge in [-0.2, -0.15) is 0 Å². The van der Waals surface area contributed by atoms with Crippen molar-refractivity contribution in [2.24, 2.45) is 5.41 Å². The van der Waals surface area contributed by atoms with Gasteiger partial charge in [0.2, 0.25) is 0 Å². The third-order valence-corrected chi connectivity index (χ3v) is 2.06. The third-order valence-electron chi connectivity index (χ3n) is 2.06. The molecule has 0 heterocycles. The predicted octanol–water partition coefficient (Wildman–Crippen LogP) is -0.0844. The van der Waals surface area contributed by atoms with Gasteiger partial charge < -0.3 is 19.8 Å². The van der Waals surface area contributed by atoms with Gasteiger partial charge in [-0.25, -0.2) is 0 Å². The molecule has 2 N–H and O–H groups in total. The number of aliphatic hydroxyl groups excluding tert-OH is 2. The van der Waals surface area contributed by atoms with Crippen molar-refractivity contribution in [1.29, 1.82) is 0 Å². The molecule has 4 heteroatoms. The van der Waals surface area contributed by atoms with Crippen LogP contribution in [-0.4, -0.2) is 36.0 Å². The van der Waals surface area contributed by atoms with Crippen molar-refractivity contribution in [1.82, 2.24) is 0 Å².